The summed E-state index contributed by atoms with van der Waals surface area (Å²) in [4.78, 5) is 24.8. The van der Waals surface area contributed by atoms with Crippen LogP contribution in [0.3, 0.4) is 0 Å². The first-order valence-corrected chi connectivity index (χ1v) is 7.65. The quantitative estimate of drug-likeness (QED) is 0.811. The van der Waals surface area contributed by atoms with Gasteiger partial charge >= 0.3 is 5.97 Å². The Morgan fingerprint density at radius 2 is 2.10 bits per heavy atom. The van der Waals surface area contributed by atoms with E-state index < -0.39 is 11.9 Å². The SMILES string of the molecule is Cc1sc(C(=O)OCC(=O)Nc2ccccc2Br)cc1N. The number of nitrogen functional groups attached to an aromatic ring is 1. The van der Waals surface area contributed by atoms with Crippen molar-refractivity contribution in [3.63, 3.8) is 0 Å². The number of anilines is 2. The maximum atomic E-state index is 11.8. The number of hydrogen-bond acceptors (Lipinski definition) is 5. The highest BCUT2D eigenvalue weighted by Gasteiger charge is 2.14. The summed E-state index contributed by atoms with van der Waals surface area (Å²) in [6.07, 6.45) is 0. The lowest BCUT2D eigenvalue weighted by molar-refractivity contribution is -0.119. The molecule has 0 atom stereocenters. The molecule has 2 rings (SSSR count). The molecule has 21 heavy (non-hydrogen) atoms. The molecule has 0 saturated heterocycles. The van der Waals surface area contributed by atoms with E-state index in [1.807, 2.05) is 13.0 Å². The predicted molar refractivity (Wildman–Crippen MR) is 86.5 cm³/mol. The highest BCUT2D eigenvalue weighted by molar-refractivity contribution is 9.10. The second kappa shape index (κ2) is 6.73. The lowest BCUT2D eigenvalue weighted by Gasteiger charge is -2.07. The number of ether oxygens (including phenoxy) is 1. The maximum Gasteiger partial charge on any atom is 0.348 e. The second-order valence-electron chi connectivity index (χ2n) is 4.23. The normalized spacial score (nSPS) is 10.2. The zero-order valence-electron chi connectivity index (χ0n) is 11.2. The number of esters is 1. The van der Waals surface area contributed by atoms with Crippen LogP contribution in [0, 0.1) is 6.92 Å². The second-order valence-corrected chi connectivity index (χ2v) is 6.34. The van der Waals surface area contributed by atoms with E-state index in [-0.39, 0.29) is 6.61 Å². The molecule has 0 fully saturated rings. The third-order valence-corrected chi connectivity index (χ3v) is 4.38. The van der Waals surface area contributed by atoms with Crippen LogP contribution in [-0.2, 0) is 9.53 Å². The van der Waals surface area contributed by atoms with Crippen LogP contribution in [0.25, 0.3) is 0 Å². The van der Waals surface area contributed by atoms with Crippen LogP contribution in [0.2, 0.25) is 0 Å². The smallest absolute Gasteiger partial charge is 0.348 e. The van der Waals surface area contributed by atoms with Crippen molar-refractivity contribution in [2.24, 2.45) is 0 Å². The van der Waals surface area contributed by atoms with Crippen LogP contribution in [-0.4, -0.2) is 18.5 Å². The fourth-order valence-electron chi connectivity index (χ4n) is 1.55. The molecule has 0 saturated carbocycles. The first-order valence-electron chi connectivity index (χ1n) is 6.05. The summed E-state index contributed by atoms with van der Waals surface area (Å²) < 4.78 is 5.71. The van der Waals surface area contributed by atoms with Gasteiger partial charge in [0.2, 0.25) is 0 Å². The number of thiophene rings is 1. The van der Waals surface area contributed by atoms with Gasteiger partial charge in [-0.25, -0.2) is 4.79 Å². The van der Waals surface area contributed by atoms with Gasteiger partial charge in [-0.3, -0.25) is 4.79 Å². The fraction of sp³-hybridized carbons (Fsp3) is 0.143. The number of hydrogen-bond donors (Lipinski definition) is 2. The molecule has 1 amide bonds. The lowest BCUT2D eigenvalue weighted by Crippen LogP contribution is -2.20. The molecule has 3 N–H and O–H groups in total. The molecule has 0 aliphatic carbocycles. The van der Waals surface area contributed by atoms with E-state index in [0.717, 1.165) is 9.35 Å². The van der Waals surface area contributed by atoms with Crippen molar-refractivity contribution in [2.75, 3.05) is 17.7 Å². The third-order valence-electron chi connectivity index (χ3n) is 2.64. The Bertz CT molecular complexity index is 665. The molecule has 110 valence electrons. The van der Waals surface area contributed by atoms with Crippen LogP contribution >= 0.6 is 27.3 Å². The van der Waals surface area contributed by atoms with Gasteiger partial charge in [-0.05, 0) is 41.1 Å². The Hall–Kier alpha value is -1.86. The highest BCUT2D eigenvalue weighted by Crippen LogP contribution is 2.24. The topological polar surface area (TPSA) is 81.4 Å². The number of aryl methyl sites for hydroxylation is 1. The first kappa shape index (κ1) is 15.5. The summed E-state index contributed by atoms with van der Waals surface area (Å²) >= 11 is 4.56. The molecule has 1 heterocycles. The summed E-state index contributed by atoms with van der Waals surface area (Å²) in [7, 11) is 0. The van der Waals surface area contributed by atoms with Crippen LogP contribution < -0.4 is 11.1 Å². The predicted octanol–water partition coefficient (Wildman–Crippen LogP) is 3.20. The molecule has 1 aromatic heterocycles. The van der Waals surface area contributed by atoms with Crippen molar-refractivity contribution < 1.29 is 14.3 Å². The van der Waals surface area contributed by atoms with Gasteiger partial charge in [0.25, 0.3) is 5.91 Å². The zero-order valence-corrected chi connectivity index (χ0v) is 13.6. The highest BCUT2D eigenvalue weighted by atomic mass is 79.9. The molecule has 0 spiro atoms. The van der Waals surface area contributed by atoms with Crippen molar-refractivity contribution in [1.29, 1.82) is 0 Å². The van der Waals surface area contributed by atoms with Gasteiger partial charge in [-0.1, -0.05) is 12.1 Å². The number of rotatable bonds is 4. The van der Waals surface area contributed by atoms with Crippen molar-refractivity contribution >= 4 is 50.5 Å². The Labute approximate surface area is 134 Å². The Kier molecular flexibility index (Phi) is 4.98. The standard InChI is InChI=1S/C14H13BrN2O3S/c1-8-10(16)6-12(21-8)14(19)20-7-13(18)17-11-5-3-2-4-9(11)15/h2-6H,7,16H2,1H3,(H,17,18). The Morgan fingerprint density at radius 1 is 1.38 bits per heavy atom. The molecular weight excluding hydrogens is 356 g/mol. The summed E-state index contributed by atoms with van der Waals surface area (Å²) in [6.45, 7) is 1.47. The van der Waals surface area contributed by atoms with E-state index in [1.165, 1.54) is 11.3 Å². The number of para-hydroxylation sites is 1. The monoisotopic (exact) mass is 368 g/mol. The summed E-state index contributed by atoms with van der Waals surface area (Å²) in [5.74, 6) is -0.960. The van der Waals surface area contributed by atoms with Crippen LogP contribution in [0.15, 0.2) is 34.8 Å². The molecule has 1 aromatic carbocycles. The Morgan fingerprint density at radius 3 is 2.71 bits per heavy atom. The minimum atomic E-state index is -0.554. The molecule has 0 unspecified atom stereocenters. The van der Waals surface area contributed by atoms with Gasteiger partial charge in [0.1, 0.15) is 4.88 Å². The number of carbonyl (C=O) groups excluding carboxylic acids is 2. The van der Waals surface area contributed by atoms with Crippen molar-refractivity contribution in [2.45, 2.75) is 6.92 Å². The molecule has 7 heteroatoms. The lowest BCUT2D eigenvalue weighted by atomic mass is 10.3. The van der Waals surface area contributed by atoms with E-state index in [2.05, 4.69) is 21.2 Å². The molecular formula is C14H13BrN2O3S. The molecule has 2 aromatic rings. The van der Waals surface area contributed by atoms with Gasteiger partial charge in [-0.15, -0.1) is 11.3 Å². The molecule has 0 aliphatic rings. The number of nitrogens with one attached hydrogen (secondary N) is 1. The van der Waals surface area contributed by atoms with Gasteiger partial charge in [0.05, 0.1) is 5.69 Å². The number of amides is 1. The fourth-order valence-corrected chi connectivity index (χ4v) is 2.77. The largest absolute Gasteiger partial charge is 0.451 e. The minimum Gasteiger partial charge on any atom is -0.451 e. The summed E-state index contributed by atoms with van der Waals surface area (Å²) in [6, 6.07) is 8.73. The maximum absolute atomic E-state index is 11.8. The average Bonchev–Trinajstić information content (AvgIpc) is 2.79. The molecule has 5 nitrogen and oxygen atoms in total. The van der Waals surface area contributed by atoms with Gasteiger partial charge in [-0.2, -0.15) is 0 Å². The summed E-state index contributed by atoms with van der Waals surface area (Å²) in [5.41, 5.74) is 6.84. The molecule has 0 bridgehead atoms. The number of carbonyl (C=O) groups is 2. The van der Waals surface area contributed by atoms with Crippen molar-refractivity contribution in [3.05, 3.63) is 44.6 Å². The van der Waals surface area contributed by atoms with Crippen molar-refractivity contribution in [3.8, 4) is 0 Å². The van der Waals surface area contributed by atoms with Crippen LogP contribution in [0.5, 0.6) is 0 Å². The van der Waals surface area contributed by atoms with E-state index >= 15 is 0 Å². The van der Waals surface area contributed by atoms with Gasteiger partial charge in [0, 0.05) is 15.0 Å². The number of nitrogens with two attached hydrogens (primary N) is 1. The van der Waals surface area contributed by atoms with E-state index in [9.17, 15) is 9.59 Å². The van der Waals surface area contributed by atoms with Gasteiger partial charge < -0.3 is 15.8 Å². The van der Waals surface area contributed by atoms with Crippen LogP contribution in [0.1, 0.15) is 14.5 Å². The first-order chi connectivity index (χ1) is 9.97. The average molecular weight is 369 g/mol. The zero-order chi connectivity index (χ0) is 15.4. The van der Waals surface area contributed by atoms with Crippen LogP contribution in [0.4, 0.5) is 11.4 Å². The van der Waals surface area contributed by atoms with Gasteiger partial charge in [0.15, 0.2) is 6.61 Å². The summed E-state index contributed by atoms with van der Waals surface area (Å²) in [5, 5.41) is 2.65. The van der Waals surface area contributed by atoms with E-state index in [0.29, 0.717) is 16.3 Å². The number of benzene rings is 1. The number of halogens is 1. The third kappa shape index (κ3) is 4.05. The van der Waals surface area contributed by atoms with E-state index in [1.54, 1.807) is 24.3 Å². The van der Waals surface area contributed by atoms with Crippen molar-refractivity contribution in [1.82, 2.24) is 0 Å². The molecule has 0 aliphatic heterocycles. The molecule has 0 radical (unpaired) electrons. The minimum absolute atomic E-state index is 0.350. The van der Waals surface area contributed by atoms with E-state index in [4.69, 9.17) is 10.5 Å². The Balaban J connectivity index is 1.89.